The van der Waals surface area contributed by atoms with E-state index in [2.05, 4.69) is 14.9 Å². The van der Waals surface area contributed by atoms with Gasteiger partial charge in [0.25, 0.3) is 0 Å². The van der Waals surface area contributed by atoms with Crippen molar-refractivity contribution in [1.29, 1.82) is 0 Å². The number of nitrogens with one attached hydrogen (secondary N) is 1. The fourth-order valence-corrected chi connectivity index (χ4v) is 3.56. The second-order valence-corrected chi connectivity index (χ2v) is 7.32. The highest BCUT2D eigenvalue weighted by Gasteiger charge is 2.30. The van der Waals surface area contributed by atoms with E-state index in [1.807, 2.05) is 0 Å². The number of aromatic carboxylic acids is 1. The van der Waals surface area contributed by atoms with Crippen LogP contribution in [-0.2, 0) is 17.5 Å². The molecule has 0 aliphatic carbocycles. The Morgan fingerprint density at radius 1 is 1.16 bits per heavy atom. The van der Waals surface area contributed by atoms with Gasteiger partial charge in [0.05, 0.1) is 42.3 Å². The largest absolute Gasteiger partial charge is 0.478 e. The number of carbonyl (C=O) groups is 1. The minimum Gasteiger partial charge on any atom is -0.478 e. The van der Waals surface area contributed by atoms with Crippen LogP contribution in [0.1, 0.15) is 33.4 Å². The first-order chi connectivity index (χ1) is 14.8. The van der Waals surface area contributed by atoms with Crippen LogP contribution in [0.25, 0.3) is 11.3 Å². The molecule has 9 heteroatoms. The molecule has 162 valence electrons. The number of carboxylic acid groups (broad SMARTS) is 1. The maximum absolute atomic E-state index is 12.8. The lowest BCUT2D eigenvalue weighted by Gasteiger charge is -2.34. The summed E-state index contributed by atoms with van der Waals surface area (Å²) >= 11 is 0. The van der Waals surface area contributed by atoms with Gasteiger partial charge in [-0.1, -0.05) is 24.3 Å². The highest BCUT2D eigenvalue weighted by molar-refractivity contribution is 5.87. The average molecular weight is 431 g/mol. The van der Waals surface area contributed by atoms with Crippen LogP contribution < -0.4 is 0 Å². The topological polar surface area (TPSA) is 78.4 Å². The predicted octanol–water partition coefficient (Wildman–Crippen LogP) is 4.37. The summed E-state index contributed by atoms with van der Waals surface area (Å²) < 4.78 is 44.0. The van der Waals surface area contributed by atoms with Gasteiger partial charge in [-0.05, 0) is 35.4 Å². The molecule has 0 amide bonds. The summed E-state index contributed by atoms with van der Waals surface area (Å²) in [5, 5.41) is 9.04. The van der Waals surface area contributed by atoms with Crippen LogP contribution in [0, 0.1) is 0 Å². The molecule has 0 radical (unpaired) electrons. The number of aromatic nitrogens is 2. The van der Waals surface area contributed by atoms with Gasteiger partial charge in [-0.2, -0.15) is 13.2 Å². The fourth-order valence-electron chi connectivity index (χ4n) is 3.56. The lowest BCUT2D eigenvalue weighted by Crippen LogP contribution is -2.39. The first-order valence-corrected chi connectivity index (χ1v) is 9.68. The summed E-state index contributed by atoms with van der Waals surface area (Å²) in [6, 6.07) is 11.5. The van der Waals surface area contributed by atoms with Crippen LogP contribution >= 0.6 is 0 Å². The normalized spacial score (nSPS) is 17.6. The predicted molar refractivity (Wildman–Crippen MR) is 106 cm³/mol. The highest BCUT2D eigenvalue weighted by Crippen LogP contribution is 2.31. The van der Waals surface area contributed by atoms with Gasteiger partial charge in [0.15, 0.2) is 0 Å². The molecule has 1 aromatic heterocycles. The Morgan fingerprint density at radius 2 is 1.87 bits per heavy atom. The number of aromatic amines is 1. The zero-order chi connectivity index (χ0) is 22.0. The van der Waals surface area contributed by atoms with E-state index in [-0.39, 0.29) is 11.6 Å². The van der Waals surface area contributed by atoms with Crippen LogP contribution in [0.3, 0.4) is 0 Å². The molecule has 0 saturated carbocycles. The molecule has 31 heavy (non-hydrogen) atoms. The molecule has 1 atom stereocenters. The first-order valence-electron chi connectivity index (χ1n) is 9.68. The summed E-state index contributed by atoms with van der Waals surface area (Å²) in [5.41, 5.74) is 1.73. The number of ether oxygens (including phenoxy) is 1. The van der Waals surface area contributed by atoms with Crippen LogP contribution in [0.15, 0.2) is 54.7 Å². The van der Waals surface area contributed by atoms with Gasteiger partial charge in [0, 0.05) is 13.1 Å². The number of carboxylic acids is 1. The molecule has 4 rings (SSSR count). The lowest BCUT2D eigenvalue weighted by atomic mass is 10.1. The summed E-state index contributed by atoms with van der Waals surface area (Å²) in [6.07, 6.45) is -2.77. The molecule has 2 N–H and O–H groups in total. The number of hydrogen-bond acceptors (Lipinski definition) is 4. The number of nitrogens with zero attached hydrogens (tertiary/aromatic N) is 2. The van der Waals surface area contributed by atoms with E-state index in [1.54, 1.807) is 30.5 Å². The average Bonchev–Trinajstić information content (AvgIpc) is 3.24. The fraction of sp³-hybridized carbons (Fsp3) is 0.273. The van der Waals surface area contributed by atoms with E-state index in [1.165, 1.54) is 12.1 Å². The lowest BCUT2D eigenvalue weighted by molar-refractivity contribution is -0.137. The van der Waals surface area contributed by atoms with Crippen molar-refractivity contribution < 1.29 is 27.8 Å². The first kappa shape index (κ1) is 21.1. The Labute approximate surface area is 176 Å². The van der Waals surface area contributed by atoms with Crippen molar-refractivity contribution in [3.8, 4) is 11.3 Å². The second kappa shape index (κ2) is 8.52. The molecule has 2 heterocycles. The van der Waals surface area contributed by atoms with Gasteiger partial charge >= 0.3 is 12.1 Å². The zero-order valence-electron chi connectivity index (χ0n) is 16.4. The molecule has 2 aromatic carbocycles. The molecule has 3 aromatic rings. The highest BCUT2D eigenvalue weighted by atomic mass is 19.4. The number of imidazole rings is 1. The van der Waals surface area contributed by atoms with E-state index in [4.69, 9.17) is 9.84 Å². The molecule has 1 fully saturated rings. The van der Waals surface area contributed by atoms with Crippen molar-refractivity contribution in [2.24, 2.45) is 0 Å². The molecule has 6 nitrogen and oxygen atoms in total. The third-order valence-electron chi connectivity index (χ3n) is 5.26. The van der Waals surface area contributed by atoms with Gasteiger partial charge in [-0.15, -0.1) is 0 Å². The Balaban J connectivity index is 1.51. The number of halogens is 3. The summed E-state index contributed by atoms with van der Waals surface area (Å²) in [4.78, 5) is 20.9. The van der Waals surface area contributed by atoms with Gasteiger partial charge in [0.1, 0.15) is 5.82 Å². The number of rotatable bonds is 5. The molecule has 0 spiro atoms. The number of morpholine rings is 1. The number of hydrogen-bond donors (Lipinski definition) is 2. The summed E-state index contributed by atoms with van der Waals surface area (Å²) in [7, 11) is 0. The third kappa shape index (κ3) is 4.78. The van der Waals surface area contributed by atoms with Crippen molar-refractivity contribution in [2.75, 3.05) is 19.8 Å². The van der Waals surface area contributed by atoms with Crippen molar-refractivity contribution in [1.82, 2.24) is 14.9 Å². The van der Waals surface area contributed by atoms with Crippen LogP contribution in [0.5, 0.6) is 0 Å². The van der Waals surface area contributed by atoms with Gasteiger partial charge in [0.2, 0.25) is 0 Å². The minimum atomic E-state index is -4.37. The van der Waals surface area contributed by atoms with E-state index in [9.17, 15) is 18.0 Å². The van der Waals surface area contributed by atoms with Gasteiger partial charge < -0.3 is 14.8 Å². The van der Waals surface area contributed by atoms with Crippen molar-refractivity contribution in [3.05, 3.63) is 77.2 Å². The van der Waals surface area contributed by atoms with Crippen molar-refractivity contribution >= 4 is 5.97 Å². The Kier molecular flexibility index (Phi) is 5.79. The van der Waals surface area contributed by atoms with Crippen molar-refractivity contribution in [3.63, 3.8) is 0 Å². The third-order valence-corrected chi connectivity index (χ3v) is 5.26. The van der Waals surface area contributed by atoms with Gasteiger partial charge in [-0.25, -0.2) is 9.78 Å². The van der Waals surface area contributed by atoms with Gasteiger partial charge in [-0.3, -0.25) is 4.90 Å². The quantitative estimate of drug-likeness (QED) is 0.627. The van der Waals surface area contributed by atoms with E-state index in [0.717, 1.165) is 17.7 Å². The Bertz CT molecular complexity index is 1050. The minimum absolute atomic E-state index is 0.156. The van der Waals surface area contributed by atoms with Crippen LogP contribution in [-0.4, -0.2) is 45.7 Å². The maximum atomic E-state index is 12.8. The monoisotopic (exact) mass is 431 g/mol. The SMILES string of the molecule is O=C(O)c1ccc(CN2CCOC[C@H]2c2ncc(-c3ccc(C(F)(F)F)cc3)[nH]2)cc1. The number of H-pyrrole nitrogens is 1. The molecule has 1 aliphatic rings. The van der Waals surface area contributed by atoms with E-state index < -0.39 is 17.7 Å². The van der Waals surface area contributed by atoms with E-state index >= 15 is 0 Å². The Hall–Kier alpha value is -3.17. The zero-order valence-corrected chi connectivity index (χ0v) is 16.4. The maximum Gasteiger partial charge on any atom is 0.416 e. The summed E-state index contributed by atoms with van der Waals surface area (Å²) in [5.74, 6) is -0.307. The van der Waals surface area contributed by atoms with Crippen LogP contribution in [0.2, 0.25) is 0 Å². The van der Waals surface area contributed by atoms with E-state index in [0.29, 0.717) is 43.4 Å². The van der Waals surface area contributed by atoms with Crippen molar-refractivity contribution in [2.45, 2.75) is 18.8 Å². The summed E-state index contributed by atoms with van der Waals surface area (Å²) in [6.45, 7) is 2.25. The molecule has 0 unspecified atom stereocenters. The molecular formula is C22H20F3N3O3. The number of alkyl halides is 3. The van der Waals surface area contributed by atoms with Crippen LogP contribution in [0.4, 0.5) is 13.2 Å². The smallest absolute Gasteiger partial charge is 0.416 e. The Morgan fingerprint density at radius 3 is 2.52 bits per heavy atom. The molecule has 1 aliphatic heterocycles. The number of benzene rings is 2. The standard InChI is InChI=1S/C22H20F3N3O3/c23-22(24,25)17-7-5-15(6-8-17)18-11-26-20(27-18)19-13-31-10-9-28(19)12-14-1-3-16(4-2-14)21(29)30/h1-8,11,19H,9-10,12-13H2,(H,26,27)(H,29,30)/t19-/m0/s1. The molecule has 1 saturated heterocycles. The second-order valence-electron chi connectivity index (χ2n) is 7.32. The molecular weight excluding hydrogens is 411 g/mol. The molecule has 0 bridgehead atoms.